The Balaban J connectivity index is 2.10. The fraction of sp³-hybridized carbons (Fsp3) is 0.591. The van der Waals surface area contributed by atoms with Crippen LogP contribution in [0.15, 0.2) is 35.6 Å². The minimum absolute atomic E-state index is 0.0279. The highest BCUT2D eigenvalue weighted by molar-refractivity contribution is 5.92. The smallest absolute Gasteiger partial charge is 0.338 e. The van der Waals surface area contributed by atoms with Crippen LogP contribution in [0.25, 0.3) is 0 Å². The minimum Gasteiger partial charge on any atom is -0.511 e. The number of carbonyl (C=O) groups excluding carboxylic acids is 1. The lowest BCUT2D eigenvalue weighted by Gasteiger charge is -2.39. The van der Waals surface area contributed by atoms with Gasteiger partial charge in [0.25, 0.3) is 5.69 Å². The van der Waals surface area contributed by atoms with E-state index in [-0.39, 0.29) is 29.0 Å². The molecule has 6 heteroatoms. The molecule has 0 saturated heterocycles. The Bertz CT molecular complexity index is 792. The molecule has 0 spiro atoms. The summed E-state index contributed by atoms with van der Waals surface area (Å²) in [7, 11) is 0. The summed E-state index contributed by atoms with van der Waals surface area (Å²) in [5.41, 5.74) is 0.436. The lowest BCUT2D eigenvalue weighted by atomic mass is 9.69. The Morgan fingerprint density at radius 3 is 2.50 bits per heavy atom. The number of nitrogens with zero attached hydrogens (tertiary/aromatic N) is 1. The van der Waals surface area contributed by atoms with Gasteiger partial charge in [0.15, 0.2) is 0 Å². The molecule has 152 valence electrons. The first-order chi connectivity index (χ1) is 13.2. The first kappa shape index (κ1) is 20.4. The third-order valence-electron chi connectivity index (χ3n) is 5.88. The van der Waals surface area contributed by atoms with E-state index in [9.17, 15) is 20.0 Å². The largest absolute Gasteiger partial charge is 0.511 e. The van der Waals surface area contributed by atoms with E-state index in [1.807, 2.05) is 20.8 Å². The van der Waals surface area contributed by atoms with Gasteiger partial charge in [-0.1, -0.05) is 52.2 Å². The molecule has 3 unspecified atom stereocenters. The van der Waals surface area contributed by atoms with Crippen LogP contribution in [0.5, 0.6) is 0 Å². The second kappa shape index (κ2) is 7.94. The molecule has 1 heterocycles. The van der Waals surface area contributed by atoms with E-state index in [0.717, 1.165) is 38.5 Å². The highest BCUT2D eigenvalue weighted by Gasteiger charge is 2.44. The van der Waals surface area contributed by atoms with Crippen LogP contribution in [0.4, 0.5) is 5.69 Å². The second-order valence-electron chi connectivity index (χ2n) is 8.99. The van der Waals surface area contributed by atoms with Crippen LogP contribution in [-0.4, -0.2) is 22.1 Å². The van der Waals surface area contributed by atoms with Crippen molar-refractivity contribution in [2.75, 3.05) is 0 Å². The number of esters is 1. The van der Waals surface area contributed by atoms with Gasteiger partial charge in [0, 0.05) is 18.1 Å². The van der Waals surface area contributed by atoms with Gasteiger partial charge in [-0.2, -0.15) is 0 Å². The molecule has 3 rings (SSSR count). The van der Waals surface area contributed by atoms with Gasteiger partial charge >= 0.3 is 5.97 Å². The van der Waals surface area contributed by atoms with E-state index < -0.39 is 22.2 Å². The van der Waals surface area contributed by atoms with Crippen LogP contribution < -0.4 is 0 Å². The Labute approximate surface area is 165 Å². The van der Waals surface area contributed by atoms with Crippen LogP contribution in [0.1, 0.15) is 70.8 Å². The van der Waals surface area contributed by atoms with Crippen LogP contribution >= 0.6 is 0 Å². The summed E-state index contributed by atoms with van der Waals surface area (Å²) in [6, 6.07) is 6.33. The number of aliphatic hydroxyl groups excluding tert-OH is 1. The summed E-state index contributed by atoms with van der Waals surface area (Å²) in [5, 5.41) is 22.4. The van der Waals surface area contributed by atoms with Crippen molar-refractivity contribution in [1.29, 1.82) is 0 Å². The SMILES string of the molecule is CC(C)(C)C(C1=C(O)C2CCCCCCC2OC1=O)c1cccc([N+](=O)[O-])c1. The van der Waals surface area contributed by atoms with E-state index in [0.29, 0.717) is 5.56 Å². The van der Waals surface area contributed by atoms with Gasteiger partial charge in [-0.3, -0.25) is 10.1 Å². The molecule has 0 amide bonds. The number of aliphatic hydroxyl groups is 1. The van der Waals surface area contributed by atoms with Gasteiger partial charge in [-0.25, -0.2) is 4.79 Å². The third-order valence-corrected chi connectivity index (χ3v) is 5.88. The van der Waals surface area contributed by atoms with Crippen molar-refractivity contribution in [3.05, 3.63) is 51.3 Å². The maximum absolute atomic E-state index is 13.0. The molecular weight excluding hydrogens is 358 g/mol. The minimum atomic E-state index is -0.495. The number of nitro benzene ring substituents is 1. The molecule has 1 aromatic carbocycles. The second-order valence-corrected chi connectivity index (χ2v) is 8.99. The van der Waals surface area contributed by atoms with Crippen molar-refractivity contribution in [2.45, 2.75) is 71.3 Å². The highest BCUT2D eigenvalue weighted by Crippen LogP contribution is 2.47. The van der Waals surface area contributed by atoms with E-state index >= 15 is 0 Å². The van der Waals surface area contributed by atoms with Crippen LogP contribution in [0.2, 0.25) is 0 Å². The molecule has 6 nitrogen and oxygen atoms in total. The normalized spacial score (nSPS) is 24.6. The van der Waals surface area contributed by atoms with Gasteiger partial charge in [0.2, 0.25) is 0 Å². The summed E-state index contributed by atoms with van der Waals surface area (Å²) in [5.74, 6) is -1.05. The van der Waals surface area contributed by atoms with Gasteiger partial charge in [-0.05, 0) is 30.2 Å². The molecule has 0 bridgehead atoms. The fourth-order valence-corrected chi connectivity index (χ4v) is 4.59. The summed E-state index contributed by atoms with van der Waals surface area (Å²) in [6.45, 7) is 5.90. The van der Waals surface area contributed by atoms with Crippen LogP contribution in [0, 0.1) is 21.4 Å². The van der Waals surface area contributed by atoms with Crippen molar-refractivity contribution in [1.82, 2.24) is 0 Å². The Hall–Kier alpha value is -2.37. The molecule has 1 saturated carbocycles. The maximum Gasteiger partial charge on any atom is 0.338 e. The molecule has 3 atom stereocenters. The van der Waals surface area contributed by atoms with Crippen LogP contribution in [-0.2, 0) is 9.53 Å². The number of fused-ring (bicyclic) bond motifs is 1. The molecule has 1 fully saturated rings. The monoisotopic (exact) mass is 387 g/mol. The van der Waals surface area contributed by atoms with Crippen molar-refractivity contribution < 1.29 is 19.6 Å². The number of benzene rings is 1. The number of hydrogen-bond donors (Lipinski definition) is 1. The molecule has 1 aromatic rings. The summed E-state index contributed by atoms with van der Waals surface area (Å²) < 4.78 is 5.79. The lowest BCUT2D eigenvalue weighted by molar-refractivity contribution is -0.384. The standard InChI is InChI=1S/C22H29NO5/c1-22(2,3)19(14-9-8-10-15(13-14)23(26)27)18-20(24)16-11-6-4-5-7-12-17(16)28-21(18)25/h8-10,13,16-17,19,24H,4-7,11-12H2,1-3H3. The highest BCUT2D eigenvalue weighted by atomic mass is 16.6. The molecule has 28 heavy (non-hydrogen) atoms. The quantitative estimate of drug-likeness (QED) is 0.424. The third kappa shape index (κ3) is 4.05. The maximum atomic E-state index is 13.0. The van der Waals surface area contributed by atoms with Crippen molar-refractivity contribution >= 4 is 11.7 Å². The molecule has 1 aliphatic heterocycles. The Morgan fingerprint density at radius 1 is 1.18 bits per heavy atom. The number of carbonyl (C=O) groups is 1. The first-order valence-corrected chi connectivity index (χ1v) is 10.1. The first-order valence-electron chi connectivity index (χ1n) is 10.1. The average Bonchev–Trinajstić information content (AvgIpc) is 2.59. The van der Waals surface area contributed by atoms with Crippen LogP contribution in [0.3, 0.4) is 0 Å². The summed E-state index contributed by atoms with van der Waals surface area (Å²) >= 11 is 0. The molecule has 1 N–H and O–H groups in total. The average molecular weight is 387 g/mol. The van der Waals surface area contributed by atoms with E-state index in [4.69, 9.17) is 4.74 Å². The van der Waals surface area contributed by atoms with Gasteiger partial charge in [-0.15, -0.1) is 0 Å². The number of ether oxygens (including phenoxy) is 1. The summed E-state index contributed by atoms with van der Waals surface area (Å²) in [6.07, 6.45) is 5.51. The lowest BCUT2D eigenvalue weighted by Crippen LogP contribution is -2.39. The molecule has 2 aliphatic rings. The van der Waals surface area contributed by atoms with Crippen molar-refractivity contribution in [3.8, 4) is 0 Å². The number of non-ortho nitro benzene ring substituents is 1. The Kier molecular flexibility index (Phi) is 5.77. The zero-order valence-electron chi connectivity index (χ0n) is 16.8. The Morgan fingerprint density at radius 2 is 1.86 bits per heavy atom. The molecular formula is C22H29NO5. The van der Waals surface area contributed by atoms with Gasteiger partial charge in [0.1, 0.15) is 11.9 Å². The van der Waals surface area contributed by atoms with Gasteiger partial charge in [0.05, 0.1) is 16.4 Å². The number of hydrogen-bond acceptors (Lipinski definition) is 5. The van der Waals surface area contributed by atoms with E-state index in [1.165, 1.54) is 12.1 Å². The number of nitro groups is 1. The predicted octanol–water partition coefficient (Wildman–Crippen LogP) is 5.43. The number of rotatable bonds is 3. The zero-order valence-corrected chi connectivity index (χ0v) is 16.8. The zero-order chi connectivity index (χ0) is 20.5. The van der Waals surface area contributed by atoms with Crippen molar-refractivity contribution in [2.24, 2.45) is 11.3 Å². The van der Waals surface area contributed by atoms with Gasteiger partial charge < -0.3 is 9.84 Å². The topological polar surface area (TPSA) is 89.7 Å². The van der Waals surface area contributed by atoms with E-state index in [1.54, 1.807) is 12.1 Å². The molecule has 0 radical (unpaired) electrons. The fourth-order valence-electron chi connectivity index (χ4n) is 4.59. The predicted molar refractivity (Wildman–Crippen MR) is 106 cm³/mol. The molecule has 0 aromatic heterocycles. The summed E-state index contributed by atoms with van der Waals surface area (Å²) in [4.78, 5) is 23.8. The van der Waals surface area contributed by atoms with Crippen molar-refractivity contribution in [3.63, 3.8) is 0 Å². The van der Waals surface area contributed by atoms with E-state index in [2.05, 4.69) is 0 Å². The molecule has 1 aliphatic carbocycles.